The third kappa shape index (κ3) is 4.53. The fourth-order valence-corrected chi connectivity index (χ4v) is 5.45. The van der Waals surface area contributed by atoms with Gasteiger partial charge in [-0.15, -0.1) is 0 Å². The van der Waals surface area contributed by atoms with Crippen LogP contribution in [0.3, 0.4) is 0 Å². The fourth-order valence-electron chi connectivity index (χ4n) is 5.45. The molecule has 1 unspecified atom stereocenters. The Morgan fingerprint density at radius 1 is 0.882 bits per heavy atom. The predicted octanol–water partition coefficient (Wildman–Crippen LogP) is 5.98. The van der Waals surface area contributed by atoms with E-state index in [2.05, 4.69) is 22.3 Å². The van der Waals surface area contributed by atoms with Crippen molar-refractivity contribution in [3.63, 3.8) is 0 Å². The van der Waals surface area contributed by atoms with Gasteiger partial charge in [-0.3, -0.25) is 4.90 Å². The number of carbonyl (C=O) groups is 1. The molecule has 2 saturated heterocycles. The van der Waals surface area contributed by atoms with Crippen LogP contribution >= 0.6 is 0 Å². The van der Waals surface area contributed by atoms with Crippen LogP contribution in [0.25, 0.3) is 0 Å². The summed E-state index contributed by atoms with van der Waals surface area (Å²) in [5, 5.41) is 2.60. The van der Waals surface area contributed by atoms with Gasteiger partial charge in [0.2, 0.25) is 0 Å². The Morgan fingerprint density at radius 3 is 2.18 bits per heavy atom. The molecule has 34 heavy (non-hydrogen) atoms. The second-order valence-corrected chi connectivity index (χ2v) is 9.28. The van der Waals surface area contributed by atoms with E-state index in [9.17, 15) is 18.0 Å². The summed E-state index contributed by atoms with van der Waals surface area (Å²) in [6, 6.07) is 19.7. The number of halogens is 3. The van der Waals surface area contributed by atoms with Crippen LogP contribution in [-0.4, -0.2) is 35.5 Å². The van der Waals surface area contributed by atoms with Crippen LogP contribution in [0, 0.1) is 22.9 Å². The van der Waals surface area contributed by atoms with Gasteiger partial charge >= 0.3 is 6.03 Å². The Balaban J connectivity index is 1.29. The SMILES string of the molecule is O=C(Nc1cc(F)cc(F)c1)N1CCC2(CC1)CN(Cc1ccccc1)C2c1ccc(F)cc1. The van der Waals surface area contributed by atoms with Crippen molar-refractivity contribution in [1.82, 2.24) is 9.80 Å². The van der Waals surface area contributed by atoms with Crippen molar-refractivity contribution in [2.24, 2.45) is 5.41 Å². The van der Waals surface area contributed by atoms with E-state index in [1.807, 2.05) is 30.3 Å². The monoisotopic (exact) mass is 465 g/mol. The Labute approximate surface area is 197 Å². The maximum absolute atomic E-state index is 13.6. The summed E-state index contributed by atoms with van der Waals surface area (Å²) in [5.41, 5.74) is 2.40. The molecule has 2 aliphatic heterocycles. The van der Waals surface area contributed by atoms with Crippen molar-refractivity contribution in [2.45, 2.75) is 25.4 Å². The van der Waals surface area contributed by atoms with Gasteiger partial charge in [0.1, 0.15) is 17.5 Å². The third-order valence-electron chi connectivity index (χ3n) is 7.04. The maximum atomic E-state index is 13.6. The average Bonchev–Trinajstić information content (AvgIpc) is 2.80. The topological polar surface area (TPSA) is 35.6 Å². The van der Waals surface area contributed by atoms with Gasteiger partial charge in [-0.25, -0.2) is 18.0 Å². The average molecular weight is 466 g/mol. The lowest BCUT2D eigenvalue weighted by molar-refractivity contribution is -0.112. The molecule has 0 radical (unpaired) electrons. The van der Waals surface area contributed by atoms with Gasteiger partial charge in [0.25, 0.3) is 0 Å². The number of urea groups is 1. The number of likely N-dealkylation sites (tertiary alicyclic amines) is 2. The molecule has 3 aromatic rings. The number of nitrogens with zero attached hydrogens (tertiary/aromatic N) is 2. The van der Waals surface area contributed by atoms with Crippen LogP contribution in [0.2, 0.25) is 0 Å². The highest BCUT2D eigenvalue weighted by molar-refractivity contribution is 5.89. The third-order valence-corrected chi connectivity index (χ3v) is 7.04. The molecular weight excluding hydrogens is 439 g/mol. The molecule has 2 amide bonds. The van der Waals surface area contributed by atoms with E-state index in [-0.39, 0.29) is 29.0 Å². The van der Waals surface area contributed by atoms with Gasteiger partial charge in [-0.1, -0.05) is 42.5 Å². The van der Waals surface area contributed by atoms with Crippen molar-refractivity contribution in [3.05, 3.63) is 101 Å². The van der Waals surface area contributed by atoms with Crippen molar-refractivity contribution in [3.8, 4) is 0 Å². The second-order valence-electron chi connectivity index (χ2n) is 9.28. The Kier molecular flexibility index (Phi) is 6.04. The maximum Gasteiger partial charge on any atom is 0.321 e. The standard InChI is InChI=1S/C27H26F3N3O/c28-21-8-6-20(7-9-21)25-27(18-33(25)17-19-4-2-1-3-5-19)10-12-32(13-11-27)26(34)31-24-15-22(29)14-23(30)16-24/h1-9,14-16,25H,10-13,17-18H2,(H,31,34). The van der Waals surface area contributed by atoms with Gasteiger partial charge in [0.05, 0.1) is 0 Å². The molecule has 0 aliphatic carbocycles. The molecule has 0 aromatic heterocycles. The van der Waals surface area contributed by atoms with Gasteiger partial charge in [-0.2, -0.15) is 0 Å². The summed E-state index contributed by atoms with van der Waals surface area (Å²) < 4.78 is 40.5. The van der Waals surface area contributed by atoms with Crippen LogP contribution in [0.4, 0.5) is 23.7 Å². The van der Waals surface area contributed by atoms with Gasteiger partial charge < -0.3 is 10.2 Å². The van der Waals surface area contributed by atoms with E-state index in [1.165, 1.54) is 17.7 Å². The first kappa shape index (κ1) is 22.5. The molecule has 1 atom stereocenters. The van der Waals surface area contributed by atoms with E-state index < -0.39 is 11.6 Å². The minimum absolute atomic E-state index is 0.00560. The molecule has 3 aromatic carbocycles. The highest BCUT2D eigenvalue weighted by Crippen LogP contribution is 2.55. The molecule has 2 heterocycles. The highest BCUT2D eigenvalue weighted by atomic mass is 19.1. The molecular formula is C27H26F3N3O. The smallest absolute Gasteiger partial charge is 0.321 e. The van der Waals surface area contributed by atoms with E-state index in [4.69, 9.17) is 0 Å². The number of rotatable bonds is 4. The lowest BCUT2D eigenvalue weighted by atomic mass is 9.63. The highest BCUT2D eigenvalue weighted by Gasteiger charge is 2.54. The molecule has 0 saturated carbocycles. The largest absolute Gasteiger partial charge is 0.324 e. The number of hydrogen-bond acceptors (Lipinski definition) is 2. The summed E-state index contributed by atoms with van der Waals surface area (Å²) >= 11 is 0. The quantitative estimate of drug-likeness (QED) is 0.515. The molecule has 1 N–H and O–H groups in total. The van der Waals surface area contributed by atoms with Crippen LogP contribution < -0.4 is 5.32 Å². The van der Waals surface area contributed by atoms with E-state index in [0.717, 1.165) is 49.7 Å². The summed E-state index contributed by atoms with van der Waals surface area (Å²) in [6.07, 6.45) is 1.59. The molecule has 4 nitrogen and oxygen atoms in total. The normalized spacial score (nSPS) is 19.6. The van der Waals surface area contributed by atoms with Crippen LogP contribution in [0.5, 0.6) is 0 Å². The zero-order chi connectivity index (χ0) is 23.7. The van der Waals surface area contributed by atoms with E-state index in [0.29, 0.717) is 13.1 Å². The molecule has 2 aliphatic rings. The van der Waals surface area contributed by atoms with Crippen molar-refractivity contribution in [2.75, 3.05) is 25.0 Å². The number of hydrogen-bond donors (Lipinski definition) is 1. The van der Waals surface area contributed by atoms with E-state index >= 15 is 0 Å². The molecule has 2 fully saturated rings. The summed E-state index contributed by atoms with van der Waals surface area (Å²) in [4.78, 5) is 16.8. The van der Waals surface area contributed by atoms with E-state index in [1.54, 1.807) is 4.90 Å². The minimum Gasteiger partial charge on any atom is -0.324 e. The molecule has 176 valence electrons. The van der Waals surface area contributed by atoms with Gasteiger partial charge in [0.15, 0.2) is 0 Å². The number of anilines is 1. The Bertz CT molecular complexity index is 1140. The fraction of sp³-hybridized carbons (Fsp3) is 0.296. The summed E-state index contributed by atoms with van der Waals surface area (Å²) in [7, 11) is 0. The minimum atomic E-state index is -0.733. The second kappa shape index (κ2) is 9.14. The van der Waals surface area contributed by atoms with Crippen LogP contribution in [-0.2, 0) is 6.54 Å². The zero-order valence-corrected chi connectivity index (χ0v) is 18.7. The van der Waals surface area contributed by atoms with Crippen molar-refractivity contribution >= 4 is 11.7 Å². The molecule has 7 heteroatoms. The number of amides is 2. The summed E-state index contributed by atoms with van der Waals surface area (Å²) in [5.74, 6) is -1.72. The number of carbonyl (C=O) groups excluding carboxylic acids is 1. The Hall–Kier alpha value is -3.32. The zero-order valence-electron chi connectivity index (χ0n) is 18.7. The molecule has 0 bridgehead atoms. The number of piperidine rings is 1. The lowest BCUT2D eigenvalue weighted by Gasteiger charge is -2.60. The van der Waals surface area contributed by atoms with Crippen LogP contribution in [0.15, 0.2) is 72.8 Å². The Morgan fingerprint density at radius 2 is 1.53 bits per heavy atom. The molecule has 5 rings (SSSR count). The van der Waals surface area contributed by atoms with Gasteiger partial charge in [0, 0.05) is 49.4 Å². The first-order valence-electron chi connectivity index (χ1n) is 11.5. The molecule has 1 spiro atoms. The predicted molar refractivity (Wildman–Crippen MR) is 125 cm³/mol. The first-order valence-corrected chi connectivity index (χ1v) is 11.5. The van der Waals surface area contributed by atoms with Crippen LogP contribution in [0.1, 0.15) is 30.0 Å². The first-order chi connectivity index (χ1) is 16.4. The number of benzene rings is 3. The van der Waals surface area contributed by atoms with Gasteiger partial charge in [-0.05, 0) is 48.2 Å². The van der Waals surface area contributed by atoms with Crippen molar-refractivity contribution < 1.29 is 18.0 Å². The lowest BCUT2D eigenvalue weighted by Crippen LogP contribution is -2.62. The number of nitrogens with one attached hydrogen (secondary N) is 1. The van der Waals surface area contributed by atoms with Crippen molar-refractivity contribution in [1.29, 1.82) is 0 Å². The summed E-state index contributed by atoms with van der Waals surface area (Å²) in [6.45, 7) is 2.79.